The molecule has 0 bridgehead atoms. The number of aromatic nitrogens is 5. The van der Waals surface area contributed by atoms with Crippen LogP contribution in [0.5, 0.6) is 5.75 Å². The van der Waals surface area contributed by atoms with E-state index in [2.05, 4.69) is 30.8 Å². The predicted molar refractivity (Wildman–Crippen MR) is 192 cm³/mol. The van der Waals surface area contributed by atoms with Crippen LogP contribution in [-0.4, -0.2) is 72.3 Å². The highest BCUT2D eigenvalue weighted by Gasteiger charge is 2.44. The summed E-state index contributed by atoms with van der Waals surface area (Å²) >= 11 is 0. The number of carbonyl (C=O) groups excluding carboxylic acids is 2. The Morgan fingerprint density at radius 1 is 1.08 bits per heavy atom. The van der Waals surface area contributed by atoms with E-state index in [1.807, 2.05) is 48.7 Å². The Balaban J connectivity index is 1.03. The van der Waals surface area contributed by atoms with Crippen LogP contribution in [0.25, 0.3) is 22.4 Å². The van der Waals surface area contributed by atoms with Crippen LogP contribution in [0.4, 0.5) is 14.6 Å². The number of aromatic amines is 1. The average molecular weight is 727 g/mol. The van der Waals surface area contributed by atoms with Crippen LogP contribution < -0.4 is 20.8 Å². The summed E-state index contributed by atoms with van der Waals surface area (Å²) in [5.74, 6) is -2.26. The van der Waals surface area contributed by atoms with E-state index in [1.54, 1.807) is 11.8 Å². The number of amides is 1. The molecular formula is C38H40F2N8O5. The lowest BCUT2D eigenvalue weighted by Crippen LogP contribution is -2.47. The van der Waals surface area contributed by atoms with Crippen molar-refractivity contribution < 1.29 is 27.8 Å². The van der Waals surface area contributed by atoms with Gasteiger partial charge in [0.05, 0.1) is 17.3 Å². The summed E-state index contributed by atoms with van der Waals surface area (Å²) in [5.41, 5.74) is 1.61. The number of nitrogens with zero attached hydrogens (tertiary/aromatic N) is 5. The number of esters is 1. The summed E-state index contributed by atoms with van der Waals surface area (Å²) in [6.45, 7) is 7.04. The highest BCUT2D eigenvalue weighted by Crippen LogP contribution is 2.36. The molecule has 1 aliphatic heterocycles. The number of hydrogen-bond donors (Lipinski definition) is 3. The predicted octanol–water partition coefficient (Wildman–Crippen LogP) is 4.96. The highest BCUT2D eigenvalue weighted by atomic mass is 19.1. The molecule has 1 atom stereocenters. The van der Waals surface area contributed by atoms with Gasteiger partial charge in [0.2, 0.25) is 5.43 Å². The number of halogens is 2. The Hall–Kier alpha value is -5.70. The number of benzene rings is 2. The number of hydrogen-bond acceptors (Lipinski definition) is 10. The van der Waals surface area contributed by atoms with E-state index in [4.69, 9.17) is 9.47 Å². The summed E-state index contributed by atoms with van der Waals surface area (Å²) in [4.78, 5) is 50.5. The Morgan fingerprint density at radius 3 is 2.60 bits per heavy atom. The molecule has 1 unspecified atom stereocenters. The van der Waals surface area contributed by atoms with Crippen molar-refractivity contribution in [2.75, 3.05) is 18.5 Å². The first-order chi connectivity index (χ1) is 25.6. The zero-order valence-electron chi connectivity index (χ0n) is 29.6. The smallest absolute Gasteiger partial charge is 0.328 e. The molecule has 53 heavy (non-hydrogen) atoms. The molecule has 2 aromatic carbocycles. The van der Waals surface area contributed by atoms with E-state index in [-0.39, 0.29) is 72.3 Å². The van der Waals surface area contributed by atoms with E-state index >= 15 is 0 Å². The van der Waals surface area contributed by atoms with Crippen LogP contribution in [0.15, 0.2) is 65.6 Å². The molecule has 4 heterocycles. The van der Waals surface area contributed by atoms with Gasteiger partial charge in [-0.15, -0.1) is 0 Å². The van der Waals surface area contributed by atoms with Crippen LogP contribution in [-0.2, 0) is 29.2 Å². The van der Waals surface area contributed by atoms with Crippen molar-refractivity contribution in [2.24, 2.45) is 0 Å². The molecule has 1 fully saturated rings. The van der Waals surface area contributed by atoms with E-state index in [9.17, 15) is 23.2 Å². The van der Waals surface area contributed by atoms with Crippen molar-refractivity contribution in [3.63, 3.8) is 0 Å². The summed E-state index contributed by atoms with van der Waals surface area (Å²) in [5, 5.41) is 13.7. The van der Waals surface area contributed by atoms with Crippen LogP contribution in [0, 0.1) is 11.6 Å². The Morgan fingerprint density at radius 2 is 1.87 bits per heavy atom. The SMILES string of the molecule is CCC(Nc1nc(-c2n[nH]c3ccc(F)cc23)ncc1F)C(=O)OCC1(NCc2cc(=O)c(OCc3ccccc3)c3n2CCN(C(C)C)C3=O)CC1. The first-order valence-electron chi connectivity index (χ1n) is 17.6. The largest absolute Gasteiger partial charge is 0.483 e. The molecule has 3 aromatic heterocycles. The second-order valence-electron chi connectivity index (χ2n) is 13.7. The minimum absolute atomic E-state index is 0.0278. The van der Waals surface area contributed by atoms with Gasteiger partial charge in [-0.2, -0.15) is 5.10 Å². The fourth-order valence-electron chi connectivity index (χ4n) is 6.44. The fraction of sp³-hybridized carbons (Fsp3) is 0.368. The standard InChI is InChI=1S/C38H40F2N8O5/c1-4-28(43-34-27(40)19-41-35(44-34)31-26-16-24(39)10-11-29(26)45-46-31)37(51)53-21-38(12-13-38)42-18-25-17-30(49)33(52-20-23-8-6-5-7-9-23)32-36(50)47(22(2)3)14-15-48(25)32/h5-11,16-17,19,22,28,42H,4,12-15,18,20-21H2,1-3H3,(H,45,46)(H,41,43,44). The van der Waals surface area contributed by atoms with Gasteiger partial charge < -0.3 is 29.6 Å². The number of H-pyrrole nitrogens is 1. The van der Waals surface area contributed by atoms with E-state index < -0.39 is 29.2 Å². The van der Waals surface area contributed by atoms with Crippen molar-refractivity contribution in [3.05, 3.63) is 99.6 Å². The van der Waals surface area contributed by atoms with E-state index in [1.165, 1.54) is 24.3 Å². The zero-order chi connectivity index (χ0) is 37.3. The lowest BCUT2D eigenvalue weighted by molar-refractivity contribution is -0.145. The Labute approximate surface area is 303 Å². The third-order valence-electron chi connectivity index (χ3n) is 9.70. The second kappa shape index (κ2) is 14.7. The maximum atomic E-state index is 14.9. The minimum Gasteiger partial charge on any atom is -0.483 e. The van der Waals surface area contributed by atoms with Crippen molar-refractivity contribution in [1.29, 1.82) is 0 Å². The van der Waals surface area contributed by atoms with Gasteiger partial charge in [0.25, 0.3) is 5.91 Å². The van der Waals surface area contributed by atoms with E-state index in [0.29, 0.717) is 29.7 Å². The third-order valence-corrected chi connectivity index (χ3v) is 9.70. The molecule has 1 aliphatic carbocycles. The van der Waals surface area contributed by atoms with Gasteiger partial charge >= 0.3 is 5.97 Å². The number of pyridine rings is 1. The van der Waals surface area contributed by atoms with Crippen molar-refractivity contribution >= 4 is 28.6 Å². The number of ether oxygens (including phenoxy) is 2. The number of nitrogens with one attached hydrogen (secondary N) is 3. The van der Waals surface area contributed by atoms with Crippen molar-refractivity contribution in [1.82, 2.24) is 34.9 Å². The monoisotopic (exact) mass is 726 g/mol. The van der Waals surface area contributed by atoms with Gasteiger partial charge in [0, 0.05) is 42.8 Å². The molecule has 3 N–H and O–H groups in total. The lowest BCUT2D eigenvalue weighted by Gasteiger charge is -2.35. The lowest BCUT2D eigenvalue weighted by atomic mass is 10.1. The average Bonchev–Trinajstić information content (AvgIpc) is 3.81. The fourth-order valence-corrected chi connectivity index (χ4v) is 6.44. The van der Waals surface area contributed by atoms with Gasteiger partial charge in [-0.05, 0) is 56.9 Å². The van der Waals surface area contributed by atoms with Crippen molar-refractivity contribution in [3.8, 4) is 17.3 Å². The van der Waals surface area contributed by atoms with Gasteiger partial charge in [-0.3, -0.25) is 14.7 Å². The molecular weight excluding hydrogens is 686 g/mol. The quantitative estimate of drug-likeness (QED) is 0.134. The highest BCUT2D eigenvalue weighted by molar-refractivity contribution is 5.96. The molecule has 15 heteroatoms. The summed E-state index contributed by atoms with van der Waals surface area (Å²) < 4.78 is 42.4. The number of fused-ring (bicyclic) bond motifs is 2. The third kappa shape index (κ3) is 7.47. The Bertz CT molecular complexity index is 2220. The molecule has 0 spiro atoms. The normalized spacial score (nSPS) is 15.4. The van der Waals surface area contributed by atoms with Gasteiger partial charge in [0.1, 0.15) is 30.8 Å². The van der Waals surface area contributed by atoms with E-state index in [0.717, 1.165) is 24.6 Å². The second-order valence-corrected chi connectivity index (χ2v) is 13.7. The number of anilines is 1. The number of rotatable bonds is 14. The van der Waals surface area contributed by atoms with Crippen LogP contribution in [0.2, 0.25) is 0 Å². The molecule has 7 rings (SSSR count). The molecule has 5 aromatic rings. The van der Waals surface area contributed by atoms with Crippen LogP contribution in [0.1, 0.15) is 61.8 Å². The minimum atomic E-state index is -0.930. The van der Waals surface area contributed by atoms with Crippen molar-refractivity contribution in [2.45, 2.75) is 77.4 Å². The molecule has 13 nitrogen and oxygen atoms in total. The topological polar surface area (TPSA) is 156 Å². The van der Waals surface area contributed by atoms with Crippen LogP contribution in [0.3, 0.4) is 0 Å². The number of carbonyl (C=O) groups is 2. The molecule has 0 radical (unpaired) electrons. The first-order valence-corrected chi connectivity index (χ1v) is 17.6. The van der Waals surface area contributed by atoms with Gasteiger partial charge in [-0.1, -0.05) is 37.3 Å². The molecule has 0 saturated heterocycles. The summed E-state index contributed by atoms with van der Waals surface area (Å²) in [6.07, 6.45) is 2.68. The van der Waals surface area contributed by atoms with Gasteiger partial charge in [0.15, 0.2) is 28.9 Å². The molecule has 1 saturated carbocycles. The van der Waals surface area contributed by atoms with Crippen LogP contribution >= 0.6 is 0 Å². The van der Waals surface area contributed by atoms with Gasteiger partial charge in [-0.25, -0.2) is 23.5 Å². The Kier molecular flexibility index (Phi) is 9.92. The summed E-state index contributed by atoms with van der Waals surface area (Å²) in [7, 11) is 0. The maximum absolute atomic E-state index is 14.9. The zero-order valence-corrected chi connectivity index (χ0v) is 29.6. The maximum Gasteiger partial charge on any atom is 0.328 e. The molecule has 276 valence electrons. The molecule has 2 aliphatic rings. The first kappa shape index (κ1) is 35.7. The summed E-state index contributed by atoms with van der Waals surface area (Å²) in [6, 6.07) is 14.1. The molecule has 1 amide bonds.